The zero-order valence-electron chi connectivity index (χ0n) is 15.3. The van der Waals surface area contributed by atoms with Gasteiger partial charge in [0.25, 0.3) is 5.91 Å². The molecule has 1 N–H and O–H groups in total. The third-order valence-electron chi connectivity index (χ3n) is 4.21. The Kier molecular flexibility index (Phi) is 6.40. The molecule has 7 nitrogen and oxygen atoms in total. The van der Waals surface area contributed by atoms with E-state index in [1.165, 1.54) is 23.8 Å². The second kappa shape index (κ2) is 9.15. The number of thioether (sulfide) groups is 1. The van der Waals surface area contributed by atoms with E-state index in [9.17, 15) is 9.59 Å². The van der Waals surface area contributed by atoms with Gasteiger partial charge in [0.2, 0.25) is 5.91 Å². The highest BCUT2D eigenvalue weighted by atomic mass is 32.2. The lowest BCUT2D eigenvalue weighted by molar-refractivity contribution is -0.137. The number of carbonyl (C=O) groups excluding carboxylic acids is 2. The first-order valence-corrected chi connectivity index (χ1v) is 9.72. The van der Waals surface area contributed by atoms with Crippen LogP contribution in [0.5, 0.6) is 11.5 Å². The number of nitrogens with one attached hydrogen (secondary N) is 1. The van der Waals surface area contributed by atoms with Crippen LogP contribution in [-0.2, 0) is 9.59 Å². The number of nitrogens with zero attached hydrogens (tertiary/aromatic N) is 2. The second-order valence-corrected chi connectivity index (χ2v) is 7.00. The molecule has 144 valence electrons. The van der Waals surface area contributed by atoms with Crippen LogP contribution in [0.25, 0.3) is 0 Å². The van der Waals surface area contributed by atoms with Gasteiger partial charge in [0.15, 0.2) is 18.1 Å². The molecule has 2 aromatic carbocycles. The highest BCUT2D eigenvalue weighted by Crippen LogP contribution is 2.27. The second-order valence-electron chi connectivity index (χ2n) is 6.00. The maximum atomic E-state index is 12.6. The Labute approximate surface area is 167 Å². The van der Waals surface area contributed by atoms with E-state index < -0.39 is 6.04 Å². The highest BCUT2D eigenvalue weighted by molar-refractivity contribution is 7.99. The van der Waals surface area contributed by atoms with E-state index in [0.29, 0.717) is 34.4 Å². The highest BCUT2D eigenvalue weighted by Gasteiger charge is 2.34. The van der Waals surface area contributed by atoms with Gasteiger partial charge in [0, 0.05) is 11.4 Å². The molecule has 1 unspecified atom stereocenters. The van der Waals surface area contributed by atoms with Crippen molar-refractivity contribution in [3.63, 3.8) is 0 Å². The molecule has 1 aliphatic rings. The van der Waals surface area contributed by atoms with Crippen LogP contribution in [0.2, 0.25) is 0 Å². The quantitative estimate of drug-likeness (QED) is 0.805. The third-order valence-corrected chi connectivity index (χ3v) is 5.22. The monoisotopic (exact) mass is 397 g/mol. The first-order valence-electron chi connectivity index (χ1n) is 8.56. The van der Waals surface area contributed by atoms with Crippen molar-refractivity contribution in [2.75, 3.05) is 30.7 Å². The predicted molar refractivity (Wildman–Crippen MR) is 106 cm³/mol. The van der Waals surface area contributed by atoms with Gasteiger partial charge >= 0.3 is 0 Å². The fraction of sp³-hybridized carbons (Fsp3) is 0.250. The number of benzene rings is 2. The van der Waals surface area contributed by atoms with Crippen LogP contribution in [0.3, 0.4) is 0 Å². The summed E-state index contributed by atoms with van der Waals surface area (Å²) in [5, 5.41) is 11.6. The van der Waals surface area contributed by atoms with Gasteiger partial charge in [-0.3, -0.25) is 9.59 Å². The van der Waals surface area contributed by atoms with Gasteiger partial charge < -0.3 is 19.7 Å². The number of amides is 2. The number of ether oxygens (including phenoxy) is 2. The van der Waals surface area contributed by atoms with Crippen LogP contribution in [0, 0.1) is 11.3 Å². The van der Waals surface area contributed by atoms with Gasteiger partial charge in [-0.1, -0.05) is 12.1 Å². The SMILES string of the molecule is COc1ccccc1OCC(=O)N1CSCC1C(=O)Nc1ccc(C#N)cc1. The maximum Gasteiger partial charge on any atom is 0.261 e. The number of carbonyl (C=O) groups is 2. The van der Waals surface area contributed by atoms with E-state index in [0.717, 1.165) is 0 Å². The minimum atomic E-state index is -0.575. The molecular weight excluding hydrogens is 378 g/mol. The van der Waals surface area contributed by atoms with Crippen molar-refractivity contribution < 1.29 is 19.1 Å². The molecule has 28 heavy (non-hydrogen) atoms. The molecule has 0 aliphatic carbocycles. The Balaban J connectivity index is 1.60. The summed E-state index contributed by atoms with van der Waals surface area (Å²) >= 11 is 1.51. The zero-order valence-corrected chi connectivity index (χ0v) is 16.1. The van der Waals surface area contributed by atoms with E-state index in [-0.39, 0.29) is 18.4 Å². The minimum absolute atomic E-state index is 0.179. The number of anilines is 1. The molecule has 1 atom stereocenters. The van der Waals surface area contributed by atoms with Crippen molar-refractivity contribution in [1.29, 1.82) is 5.26 Å². The number of para-hydroxylation sites is 2. The molecule has 3 rings (SSSR count). The number of nitriles is 1. The van der Waals surface area contributed by atoms with Crippen molar-refractivity contribution in [3.8, 4) is 17.6 Å². The molecule has 0 bridgehead atoms. The van der Waals surface area contributed by atoms with Crippen LogP contribution in [0.4, 0.5) is 5.69 Å². The Hall–Kier alpha value is -3.18. The summed E-state index contributed by atoms with van der Waals surface area (Å²) in [4.78, 5) is 26.7. The normalized spacial score (nSPS) is 15.6. The zero-order chi connectivity index (χ0) is 19.9. The van der Waals surface area contributed by atoms with Crippen LogP contribution in [0.15, 0.2) is 48.5 Å². The lowest BCUT2D eigenvalue weighted by Crippen LogP contribution is -2.46. The number of methoxy groups -OCH3 is 1. The third kappa shape index (κ3) is 4.56. The lowest BCUT2D eigenvalue weighted by Gasteiger charge is -2.23. The fourth-order valence-electron chi connectivity index (χ4n) is 2.72. The van der Waals surface area contributed by atoms with Crippen molar-refractivity contribution in [3.05, 3.63) is 54.1 Å². The van der Waals surface area contributed by atoms with E-state index in [1.54, 1.807) is 42.5 Å². The summed E-state index contributed by atoms with van der Waals surface area (Å²) in [7, 11) is 1.53. The topological polar surface area (TPSA) is 91.7 Å². The fourth-order valence-corrected chi connectivity index (χ4v) is 3.90. The van der Waals surface area contributed by atoms with Gasteiger partial charge in [-0.2, -0.15) is 5.26 Å². The first-order chi connectivity index (χ1) is 13.6. The van der Waals surface area contributed by atoms with Crippen molar-refractivity contribution >= 4 is 29.3 Å². The standard InChI is InChI=1S/C20H19N3O4S/c1-26-17-4-2-3-5-18(17)27-11-19(24)23-13-28-12-16(23)20(25)22-15-8-6-14(10-21)7-9-15/h2-9,16H,11-13H2,1H3,(H,22,25). The molecule has 2 amide bonds. The summed E-state index contributed by atoms with van der Waals surface area (Å²) in [6, 6.07) is 15.1. The smallest absolute Gasteiger partial charge is 0.261 e. The van der Waals surface area contributed by atoms with Crippen LogP contribution < -0.4 is 14.8 Å². The molecule has 1 saturated heterocycles. The van der Waals surface area contributed by atoms with Crippen molar-refractivity contribution in [1.82, 2.24) is 4.90 Å². The Morgan fingerprint density at radius 2 is 1.93 bits per heavy atom. The van der Waals surface area contributed by atoms with Gasteiger partial charge in [0.05, 0.1) is 24.6 Å². The van der Waals surface area contributed by atoms with Crippen molar-refractivity contribution in [2.45, 2.75) is 6.04 Å². The van der Waals surface area contributed by atoms with E-state index in [4.69, 9.17) is 14.7 Å². The van der Waals surface area contributed by atoms with E-state index in [1.807, 2.05) is 12.1 Å². The van der Waals surface area contributed by atoms with E-state index in [2.05, 4.69) is 5.32 Å². The molecule has 0 radical (unpaired) electrons. The van der Waals surface area contributed by atoms with Crippen LogP contribution in [-0.4, -0.2) is 48.1 Å². The molecule has 1 heterocycles. The summed E-state index contributed by atoms with van der Waals surface area (Å²) < 4.78 is 10.8. The van der Waals surface area contributed by atoms with Crippen molar-refractivity contribution in [2.24, 2.45) is 0 Å². The Morgan fingerprint density at radius 3 is 2.61 bits per heavy atom. The van der Waals surface area contributed by atoms with Gasteiger partial charge in [-0.25, -0.2) is 0 Å². The molecule has 0 saturated carbocycles. The van der Waals surface area contributed by atoms with Gasteiger partial charge in [-0.05, 0) is 36.4 Å². The summed E-state index contributed by atoms with van der Waals surface area (Å²) in [5.41, 5.74) is 1.10. The van der Waals surface area contributed by atoms with Gasteiger partial charge in [-0.15, -0.1) is 11.8 Å². The van der Waals surface area contributed by atoms with Crippen LogP contribution >= 0.6 is 11.8 Å². The molecule has 8 heteroatoms. The summed E-state index contributed by atoms with van der Waals surface area (Å²) in [5.74, 6) is 1.43. The minimum Gasteiger partial charge on any atom is -0.493 e. The lowest BCUT2D eigenvalue weighted by atomic mass is 10.2. The molecule has 1 aliphatic heterocycles. The predicted octanol–water partition coefficient (Wildman–Crippen LogP) is 2.49. The average Bonchev–Trinajstić information content (AvgIpc) is 3.23. The largest absolute Gasteiger partial charge is 0.493 e. The van der Waals surface area contributed by atoms with Gasteiger partial charge in [0.1, 0.15) is 6.04 Å². The molecule has 1 fully saturated rings. The first kappa shape index (κ1) is 19.6. The average molecular weight is 397 g/mol. The summed E-state index contributed by atoms with van der Waals surface area (Å²) in [6.45, 7) is -0.179. The number of rotatable bonds is 6. The Bertz CT molecular complexity index is 895. The molecular formula is C20H19N3O4S. The Morgan fingerprint density at radius 1 is 1.21 bits per heavy atom. The maximum absolute atomic E-state index is 12.6. The van der Waals surface area contributed by atoms with Crippen LogP contribution in [0.1, 0.15) is 5.56 Å². The summed E-state index contributed by atoms with van der Waals surface area (Å²) in [6.07, 6.45) is 0. The molecule has 2 aromatic rings. The number of hydrogen-bond acceptors (Lipinski definition) is 6. The molecule has 0 aromatic heterocycles. The van der Waals surface area contributed by atoms with E-state index >= 15 is 0 Å². The molecule has 0 spiro atoms. The number of hydrogen-bond donors (Lipinski definition) is 1.